The minimum Gasteiger partial charge on any atom is -0.481 e. The third kappa shape index (κ3) is 3.33. The van der Waals surface area contributed by atoms with Gasteiger partial charge in [-0.1, -0.05) is 11.6 Å². The second kappa shape index (κ2) is 7.94. The molecule has 0 aromatic carbocycles. The molecular formula is C24H26ClN7O2. The lowest BCUT2D eigenvalue weighted by Gasteiger charge is -2.47. The molecule has 4 heterocycles. The van der Waals surface area contributed by atoms with Gasteiger partial charge in [0, 0.05) is 24.5 Å². The van der Waals surface area contributed by atoms with E-state index >= 15 is 0 Å². The number of nitrogens with zero attached hydrogens (tertiary/aromatic N) is 5. The van der Waals surface area contributed by atoms with Crippen molar-refractivity contribution in [1.82, 2.24) is 29.5 Å². The molecule has 9 nitrogen and oxygen atoms in total. The van der Waals surface area contributed by atoms with Gasteiger partial charge in [-0.25, -0.2) is 19.9 Å². The Kier molecular flexibility index (Phi) is 4.98. The highest BCUT2D eigenvalue weighted by Gasteiger charge is 2.47. The summed E-state index contributed by atoms with van der Waals surface area (Å²) in [5.74, 6) is 0.552. The van der Waals surface area contributed by atoms with Gasteiger partial charge in [0.15, 0.2) is 11.5 Å². The van der Waals surface area contributed by atoms with Crippen LogP contribution in [-0.4, -0.2) is 46.6 Å². The largest absolute Gasteiger partial charge is 0.481 e. The van der Waals surface area contributed by atoms with Crippen LogP contribution in [-0.2, 0) is 4.79 Å². The first-order valence-electron chi connectivity index (χ1n) is 11.8. The van der Waals surface area contributed by atoms with E-state index in [9.17, 15) is 9.90 Å². The first-order valence-corrected chi connectivity index (χ1v) is 12.2. The van der Waals surface area contributed by atoms with Crippen molar-refractivity contribution in [3.8, 4) is 11.4 Å². The van der Waals surface area contributed by atoms with Crippen LogP contribution in [0.15, 0.2) is 24.7 Å². The second-order valence-corrected chi connectivity index (χ2v) is 10.1. The molecule has 0 aliphatic heterocycles. The zero-order valence-electron chi connectivity index (χ0n) is 19.0. The molecule has 3 aliphatic rings. The quantitative estimate of drug-likeness (QED) is 0.372. The van der Waals surface area contributed by atoms with E-state index in [0.29, 0.717) is 39.4 Å². The first-order chi connectivity index (χ1) is 16.4. The first kappa shape index (κ1) is 21.3. The summed E-state index contributed by atoms with van der Waals surface area (Å²) in [6.45, 7) is 4.21. The van der Waals surface area contributed by atoms with Crippen LogP contribution in [0, 0.1) is 17.8 Å². The summed E-state index contributed by atoms with van der Waals surface area (Å²) >= 11 is 6.12. The highest BCUT2D eigenvalue weighted by atomic mass is 35.5. The van der Waals surface area contributed by atoms with Crippen LogP contribution in [0.2, 0.25) is 5.15 Å². The summed E-state index contributed by atoms with van der Waals surface area (Å²) in [6.07, 6.45) is 9.37. The predicted molar refractivity (Wildman–Crippen MR) is 130 cm³/mol. The molecule has 10 heteroatoms. The number of aliphatic carboxylic acids is 1. The molecule has 3 saturated carbocycles. The van der Waals surface area contributed by atoms with Gasteiger partial charge in [-0.05, 0) is 57.4 Å². The number of carboxylic acids is 1. The summed E-state index contributed by atoms with van der Waals surface area (Å²) < 4.78 is 2.10. The number of aromatic nitrogens is 6. The van der Waals surface area contributed by atoms with Gasteiger partial charge in [0.05, 0.1) is 23.1 Å². The molecule has 3 aliphatic carbocycles. The lowest BCUT2D eigenvalue weighted by molar-refractivity contribution is -0.148. The Bertz CT molecular complexity index is 1400. The molecule has 7 rings (SSSR count). The summed E-state index contributed by atoms with van der Waals surface area (Å²) in [6, 6.07) is 2.04. The topological polar surface area (TPSA) is 122 Å². The average Bonchev–Trinajstić information content (AvgIpc) is 3.43. The fourth-order valence-electron chi connectivity index (χ4n) is 5.89. The van der Waals surface area contributed by atoms with Crippen LogP contribution in [0.5, 0.6) is 0 Å². The summed E-state index contributed by atoms with van der Waals surface area (Å²) in [5, 5.41) is 14.8. The molecule has 0 spiro atoms. The Hall–Kier alpha value is -3.20. The van der Waals surface area contributed by atoms with Crippen LogP contribution in [0.25, 0.3) is 33.6 Å². The number of anilines is 1. The molecule has 176 valence electrons. The van der Waals surface area contributed by atoms with Crippen molar-refractivity contribution in [3.05, 3.63) is 29.8 Å². The molecule has 2 atom stereocenters. The maximum absolute atomic E-state index is 12.2. The Morgan fingerprint density at radius 2 is 1.97 bits per heavy atom. The summed E-state index contributed by atoms with van der Waals surface area (Å²) in [4.78, 5) is 33.9. The van der Waals surface area contributed by atoms with E-state index < -0.39 is 11.9 Å². The van der Waals surface area contributed by atoms with Gasteiger partial charge in [-0.15, -0.1) is 0 Å². The predicted octanol–water partition coefficient (Wildman–Crippen LogP) is 4.91. The number of hydrogen-bond acceptors (Lipinski definition) is 6. The molecule has 0 unspecified atom stereocenters. The van der Waals surface area contributed by atoms with E-state index in [2.05, 4.69) is 38.7 Å². The van der Waals surface area contributed by atoms with Crippen molar-refractivity contribution in [1.29, 1.82) is 0 Å². The van der Waals surface area contributed by atoms with Crippen molar-refractivity contribution < 1.29 is 9.90 Å². The molecule has 0 saturated heterocycles. The number of halogens is 1. The van der Waals surface area contributed by atoms with Gasteiger partial charge in [0.1, 0.15) is 22.1 Å². The van der Waals surface area contributed by atoms with Crippen LogP contribution in [0.1, 0.15) is 45.6 Å². The van der Waals surface area contributed by atoms with Crippen molar-refractivity contribution in [3.63, 3.8) is 0 Å². The van der Waals surface area contributed by atoms with E-state index in [1.165, 1.54) is 6.20 Å². The van der Waals surface area contributed by atoms with E-state index in [4.69, 9.17) is 21.6 Å². The molecule has 0 amide bonds. The molecule has 3 N–H and O–H groups in total. The van der Waals surface area contributed by atoms with Gasteiger partial charge < -0.3 is 20.0 Å². The molecule has 2 bridgehead atoms. The average molecular weight is 480 g/mol. The van der Waals surface area contributed by atoms with E-state index in [-0.39, 0.29) is 18.0 Å². The minimum absolute atomic E-state index is 0.157. The number of carbonyl (C=O) groups is 1. The van der Waals surface area contributed by atoms with E-state index in [1.54, 1.807) is 6.20 Å². The molecule has 3 fully saturated rings. The minimum atomic E-state index is -0.723. The maximum atomic E-state index is 12.2. The van der Waals surface area contributed by atoms with Crippen molar-refractivity contribution in [2.24, 2.45) is 17.8 Å². The summed E-state index contributed by atoms with van der Waals surface area (Å²) in [5.41, 5.74) is 2.69. The number of hydrogen-bond donors (Lipinski definition) is 3. The maximum Gasteiger partial charge on any atom is 0.308 e. The second-order valence-electron chi connectivity index (χ2n) is 9.75. The number of fused-ring (bicyclic) bond motifs is 5. The van der Waals surface area contributed by atoms with Crippen molar-refractivity contribution in [2.75, 3.05) is 5.32 Å². The Morgan fingerprint density at radius 3 is 2.71 bits per heavy atom. The molecule has 4 aromatic heterocycles. The normalized spacial score (nSPS) is 24.4. The summed E-state index contributed by atoms with van der Waals surface area (Å²) in [7, 11) is 0. The molecule has 4 aromatic rings. The van der Waals surface area contributed by atoms with E-state index in [1.807, 2.05) is 12.3 Å². The van der Waals surface area contributed by atoms with Gasteiger partial charge in [-0.2, -0.15) is 0 Å². The third-order valence-electron chi connectivity index (χ3n) is 7.53. The number of H-pyrrole nitrogens is 1. The van der Waals surface area contributed by atoms with Gasteiger partial charge >= 0.3 is 5.97 Å². The zero-order valence-corrected chi connectivity index (χ0v) is 19.8. The number of rotatable bonds is 5. The lowest BCUT2D eigenvalue weighted by atomic mass is 9.61. The Labute approximate surface area is 201 Å². The number of aromatic amines is 1. The van der Waals surface area contributed by atoms with Crippen LogP contribution < -0.4 is 5.32 Å². The smallest absolute Gasteiger partial charge is 0.308 e. The lowest BCUT2D eigenvalue weighted by Crippen LogP contribution is -2.51. The van der Waals surface area contributed by atoms with Crippen LogP contribution in [0.3, 0.4) is 0 Å². The standard InChI is InChI=1S/C24H26ClN7O2/c1-11(2)32-8-7-14-20(29-18-13-5-3-12(4-6-13)17(18)24(33)34)30-21(31-23(14)32)15-9-26-22-19(15)28-16(25)10-27-22/h7-13,17-18H,3-6H2,1-2H3,(H,26,27)(H,33,34)(H,29,30,31)/t12?,13?,17-,18-/m1/s1. The van der Waals surface area contributed by atoms with E-state index in [0.717, 1.165) is 36.7 Å². The van der Waals surface area contributed by atoms with Crippen molar-refractivity contribution in [2.45, 2.75) is 51.6 Å². The fourth-order valence-corrected chi connectivity index (χ4v) is 6.02. The van der Waals surface area contributed by atoms with Gasteiger partial charge in [0.2, 0.25) is 0 Å². The number of carboxylic acid groups (broad SMARTS) is 1. The van der Waals surface area contributed by atoms with Gasteiger partial charge in [0.25, 0.3) is 0 Å². The molecule has 34 heavy (non-hydrogen) atoms. The third-order valence-corrected chi connectivity index (χ3v) is 7.71. The number of nitrogens with one attached hydrogen (secondary N) is 2. The SMILES string of the molecule is CC(C)n1ccc2c(N[C@@H]3C4CCC(CC4)[C@H]3C(=O)O)nc(-c3c[nH]c4ncc(Cl)nc34)nc21. The van der Waals surface area contributed by atoms with Crippen LogP contribution in [0.4, 0.5) is 5.82 Å². The molecular weight excluding hydrogens is 454 g/mol. The monoisotopic (exact) mass is 479 g/mol. The van der Waals surface area contributed by atoms with Gasteiger partial charge in [-0.3, -0.25) is 4.79 Å². The molecule has 0 radical (unpaired) electrons. The van der Waals surface area contributed by atoms with Crippen molar-refractivity contribution >= 4 is 45.6 Å². The highest BCUT2D eigenvalue weighted by Crippen LogP contribution is 2.46. The Morgan fingerprint density at radius 1 is 1.21 bits per heavy atom. The highest BCUT2D eigenvalue weighted by molar-refractivity contribution is 6.29. The zero-order chi connectivity index (χ0) is 23.6. The van der Waals surface area contributed by atoms with Crippen LogP contribution >= 0.6 is 11.6 Å². The Balaban J connectivity index is 1.51. The fraction of sp³-hybridized carbons (Fsp3) is 0.458.